The zero-order valence-corrected chi connectivity index (χ0v) is 13.9. The van der Waals surface area contributed by atoms with Gasteiger partial charge < -0.3 is 14.2 Å². The van der Waals surface area contributed by atoms with Gasteiger partial charge in [0.1, 0.15) is 12.2 Å². The van der Waals surface area contributed by atoms with Crippen LogP contribution in [0.1, 0.15) is 32.1 Å². The highest BCUT2D eigenvalue weighted by Crippen LogP contribution is 2.37. The Morgan fingerprint density at radius 1 is 1.05 bits per heavy atom. The van der Waals surface area contributed by atoms with Crippen LogP contribution in [0.15, 0.2) is 24.3 Å². The van der Waals surface area contributed by atoms with Crippen molar-refractivity contribution in [2.45, 2.75) is 37.9 Å². The van der Waals surface area contributed by atoms with E-state index in [1.54, 1.807) is 7.11 Å². The van der Waals surface area contributed by atoms with Crippen molar-refractivity contribution < 1.29 is 23.8 Å². The van der Waals surface area contributed by atoms with Crippen LogP contribution in [0.4, 0.5) is 0 Å². The molecule has 1 saturated carbocycles. The van der Waals surface area contributed by atoms with Crippen LogP contribution in [0.2, 0.25) is 0 Å². The molecule has 1 spiro atoms. The lowest BCUT2D eigenvalue weighted by Crippen LogP contribution is -2.42. The SMILES string of the molecule is COc1ccc(I)cc1.O=C1CC(=O)OC2(CCCC2)O1. The Labute approximate surface area is 137 Å². The summed E-state index contributed by atoms with van der Waals surface area (Å²) in [5, 5.41) is 0. The van der Waals surface area contributed by atoms with Crippen molar-refractivity contribution in [2.24, 2.45) is 0 Å². The number of hydrogen-bond acceptors (Lipinski definition) is 5. The minimum atomic E-state index is -0.883. The smallest absolute Gasteiger partial charge is 0.320 e. The molecule has 1 aliphatic carbocycles. The quantitative estimate of drug-likeness (QED) is 0.409. The van der Waals surface area contributed by atoms with Crippen molar-refractivity contribution in [1.29, 1.82) is 0 Å². The fraction of sp³-hybridized carbons (Fsp3) is 0.467. The van der Waals surface area contributed by atoms with Gasteiger partial charge in [-0.1, -0.05) is 0 Å². The normalized spacial score (nSPS) is 19.3. The molecule has 2 fully saturated rings. The van der Waals surface area contributed by atoms with Crippen molar-refractivity contribution >= 4 is 34.5 Å². The molecule has 0 amide bonds. The summed E-state index contributed by atoms with van der Waals surface area (Å²) in [6, 6.07) is 7.92. The molecule has 0 bridgehead atoms. The minimum absolute atomic E-state index is 0.234. The number of hydrogen-bond donors (Lipinski definition) is 0. The molecule has 5 nitrogen and oxygen atoms in total. The second kappa shape index (κ2) is 7.11. The maximum Gasteiger partial charge on any atom is 0.320 e. The van der Waals surface area contributed by atoms with Crippen LogP contribution in [0.5, 0.6) is 5.75 Å². The van der Waals surface area contributed by atoms with E-state index in [0.717, 1.165) is 18.6 Å². The van der Waals surface area contributed by atoms with Crippen molar-refractivity contribution in [3.8, 4) is 5.75 Å². The number of esters is 2. The van der Waals surface area contributed by atoms with E-state index in [-0.39, 0.29) is 6.42 Å². The Balaban J connectivity index is 0.000000161. The molecule has 1 saturated heterocycles. The summed E-state index contributed by atoms with van der Waals surface area (Å²) in [6.45, 7) is 0. The number of halogens is 1. The molecule has 1 aromatic rings. The summed E-state index contributed by atoms with van der Waals surface area (Å²) in [5.74, 6) is -0.872. The maximum atomic E-state index is 10.9. The van der Waals surface area contributed by atoms with Crippen LogP contribution in [0.25, 0.3) is 0 Å². The number of carbonyl (C=O) groups is 2. The summed E-state index contributed by atoms with van der Waals surface area (Å²) >= 11 is 2.26. The number of carbonyl (C=O) groups excluding carboxylic acids is 2. The summed E-state index contributed by atoms with van der Waals surface area (Å²) in [4.78, 5) is 21.8. The Morgan fingerprint density at radius 2 is 1.57 bits per heavy atom. The lowest BCUT2D eigenvalue weighted by Gasteiger charge is -2.31. The van der Waals surface area contributed by atoms with Crippen molar-refractivity contribution in [1.82, 2.24) is 0 Å². The molecule has 1 heterocycles. The summed E-state index contributed by atoms with van der Waals surface area (Å²) in [7, 11) is 1.67. The summed E-state index contributed by atoms with van der Waals surface area (Å²) < 4.78 is 16.2. The van der Waals surface area contributed by atoms with Gasteiger partial charge in [0.15, 0.2) is 0 Å². The van der Waals surface area contributed by atoms with Gasteiger partial charge in [-0.25, -0.2) is 0 Å². The second-order valence-electron chi connectivity index (χ2n) is 4.90. The molecule has 2 aliphatic rings. The molecule has 0 atom stereocenters. The predicted molar refractivity (Wildman–Crippen MR) is 83.7 cm³/mol. The third-order valence-corrected chi connectivity index (χ3v) is 4.02. The Bertz CT molecular complexity index is 487. The molecule has 21 heavy (non-hydrogen) atoms. The Morgan fingerprint density at radius 3 is 2.05 bits per heavy atom. The van der Waals surface area contributed by atoms with Gasteiger partial charge in [-0.05, 0) is 59.7 Å². The van der Waals surface area contributed by atoms with Gasteiger partial charge >= 0.3 is 11.9 Å². The van der Waals surface area contributed by atoms with E-state index in [0.29, 0.717) is 12.8 Å². The molecular weight excluding hydrogens is 387 g/mol. The molecule has 1 aromatic carbocycles. The van der Waals surface area contributed by atoms with E-state index < -0.39 is 17.7 Å². The van der Waals surface area contributed by atoms with E-state index >= 15 is 0 Å². The number of methoxy groups -OCH3 is 1. The molecule has 1 aliphatic heterocycles. The highest BCUT2D eigenvalue weighted by molar-refractivity contribution is 14.1. The van der Waals surface area contributed by atoms with Gasteiger partial charge in [-0.2, -0.15) is 0 Å². The van der Waals surface area contributed by atoms with E-state index in [4.69, 9.17) is 14.2 Å². The largest absolute Gasteiger partial charge is 0.497 e. The first-order valence-corrected chi connectivity index (χ1v) is 7.84. The van der Waals surface area contributed by atoms with Crippen LogP contribution >= 0.6 is 22.6 Å². The highest BCUT2D eigenvalue weighted by Gasteiger charge is 2.45. The van der Waals surface area contributed by atoms with Crippen LogP contribution in [0.3, 0.4) is 0 Å². The standard InChI is InChI=1S/C8H10O4.C7H7IO/c9-6-5-7(10)12-8(11-6)3-1-2-4-8;1-9-7-4-2-6(8)3-5-7/h1-5H2;2-5H,1H3. The Hall–Kier alpha value is -1.31. The van der Waals surface area contributed by atoms with E-state index in [1.165, 1.54) is 3.57 Å². The molecule has 0 radical (unpaired) electrons. The molecule has 6 heteroatoms. The molecule has 3 rings (SSSR count). The highest BCUT2D eigenvalue weighted by atomic mass is 127. The number of ether oxygens (including phenoxy) is 3. The fourth-order valence-corrected chi connectivity index (χ4v) is 2.67. The van der Waals surface area contributed by atoms with Gasteiger partial charge in [-0.15, -0.1) is 0 Å². The number of rotatable bonds is 1. The van der Waals surface area contributed by atoms with E-state index in [2.05, 4.69) is 22.6 Å². The Kier molecular flexibility index (Phi) is 5.44. The average Bonchev–Trinajstić information content (AvgIpc) is 2.86. The third-order valence-electron chi connectivity index (χ3n) is 3.30. The maximum absolute atomic E-state index is 10.9. The summed E-state index contributed by atoms with van der Waals surface area (Å²) in [5.41, 5.74) is 0. The van der Waals surface area contributed by atoms with Crippen molar-refractivity contribution in [3.05, 3.63) is 27.8 Å². The number of benzene rings is 1. The first-order valence-electron chi connectivity index (χ1n) is 6.76. The molecule has 0 unspecified atom stereocenters. The van der Waals surface area contributed by atoms with Gasteiger partial charge in [-0.3, -0.25) is 9.59 Å². The molecule has 0 aromatic heterocycles. The molecule has 0 N–H and O–H groups in total. The molecular formula is C15H17IO5. The second-order valence-corrected chi connectivity index (χ2v) is 6.15. The first kappa shape index (κ1) is 16.1. The average molecular weight is 404 g/mol. The van der Waals surface area contributed by atoms with Crippen LogP contribution < -0.4 is 4.74 Å². The predicted octanol–water partition coefficient (Wildman–Crippen LogP) is 3.05. The minimum Gasteiger partial charge on any atom is -0.497 e. The fourth-order valence-electron chi connectivity index (χ4n) is 2.31. The monoisotopic (exact) mass is 404 g/mol. The van der Waals surface area contributed by atoms with E-state index in [9.17, 15) is 9.59 Å². The zero-order chi connectivity index (χ0) is 15.3. The van der Waals surface area contributed by atoms with Crippen LogP contribution in [0, 0.1) is 3.57 Å². The topological polar surface area (TPSA) is 61.8 Å². The van der Waals surface area contributed by atoms with E-state index in [1.807, 2.05) is 24.3 Å². The van der Waals surface area contributed by atoms with Gasteiger partial charge in [0.05, 0.1) is 7.11 Å². The van der Waals surface area contributed by atoms with Crippen LogP contribution in [-0.2, 0) is 19.1 Å². The molecule has 114 valence electrons. The van der Waals surface area contributed by atoms with Gasteiger partial charge in [0.2, 0.25) is 0 Å². The van der Waals surface area contributed by atoms with Crippen LogP contribution in [-0.4, -0.2) is 24.8 Å². The third kappa shape index (κ3) is 4.59. The van der Waals surface area contributed by atoms with Crippen molar-refractivity contribution in [3.63, 3.8) is 0 Å². The summed E-state index contributed by atoms with van der Waals surface area (Å²) in [6.07, 6.45) is 3.00. The lowest BCUT2D eigenvalue weighted by atomic mass is 10.2. The van der Waals surface area contributed by atoms with Gasteiger partial charge in [0, 0.05) is 16.4 Å². The van der Waals surface area contributed by atoms with Gasteiger partial charge in [0.25, 0.3) is 5.79 Å². The first-order chi connectivity index (χ1) is 10.0. The van der Waals surface area contributed by atoms with Crippen molar-refractivity contribution in [2.75, 3.05) is 7.11 Å². The lowest BCUT2D eigenvalue weighted by molar-refractivity contribution is -0.241. The zero-order valence-electron chi connectivity index (χ0n) is 11.8.